The molecule has 172 valence electrons. The quantitative estimate of drug-likeness (QED) is 0.542. The molecule has 2 aromatic carbocycles. The zero-order valence-corrected chi connectivity index (χ0v) is 19.3. The van der Waals surface area contributed by atoms with Gasteiger partial charge in [0.15, 0.2) is 0 Å². The zero-order chi connectivity index (χ0) is 22.5. The number of anilines is 3. The number of hydrogen-bond acceptors (Lipinski definition) is 7. The van der Waals surface area contributed by atoms with Gasteiger partial charge in [-0.25, -0.2) is 0 Å². The average molecular weight is 445 g/mol. The molecule has 5 rings (SSSR count). The van der Waals surface area contributed by atoms with Crippen LogP contribution in [-0.2, 0) is 19.5 Å². The number of ether oxygens (including phenoxy) is 1. The second-order valence-corrected chi connectivity index (χ2v) is 8.91. The van der Waals surface area contributed by atoms with Gasteiger partial charge in [0.2, 0.25) is 17.8 Å². The summed E-state index contributed by atoms with van der Waals surface area (Å²) in [4.78, 5) is 16.6. The Labute approximate surface area is 195 Å². The summed E-state index contributed by atoms with van der Waals surface area (Å²) in [6, 6.07) is 17.1. The van der Waals surface area contributed by atoms with Crippen molar-refractivity contribution >= 4 is 17.8 Å². The van der Waals surface area contributed by atoms with Crippen LogP contribution in [0.15, 0.2) is 48.5 Å². The topological polar surface area (TPSA) is 75.2 Å². The molecule has 7 heteroatoms. The molecule has 1 aliphatic heterocycles. The number of benzene rings is 2. The predicted octanol–water partition coefficient (Wildman–Crippen LogP) is 4.80. The lowest BCUT2D eigenvalue weighted by molar-refractivity contribution is 0.414. The molecular weight excluding hydrogens is 412 g/mol. The lowest BCUT2D eigenvalue weighted by atomic mass is 9.96. The average Bonchev–Trinajstić information content (AvgIpc) is 2.88. The van der Waals surface area contributed by atoms with Gasteiger partial charge in [0.1, 0.15) is 5.75 Å². The number of hydrogen-bond donors (Lipinski definition) is 2. The summed E-state index contributed by atoms with van der Waals surface area (Å²) in [6.45, 7) is 2.34. The minimum Gasteiger partial charge on any atom is -0.497 e. The van der Waals surface area contributed by atoms with E-state index < -0.39 is 0 Å². The number of nitrogens with zero attached hydrogens (tertiary/aromatic N) is 4. The van der Waals surface area contributed by atoms with Crippen LogP contribution in [0.25, 0.3) is 0 Å². The molecule has 3 aromatic rings. The molecule has 0 atom stereocenters. The van der Waals surface area contributed by atoms with Gasteiger partial charge < -0.3 is 20.3 Å². The van der Waals surface area contributed by atoms with Crippen molar-refractivity contribution < 1.29 is 4.74 Å². The zero-order valence-electron chi connectivity index (χ0n) is 19.3. The second kappa shape index (κ2) is 10.1. The van der Waals surface area contributed by atoms with E-state index >= 15 is 0 Å². The van der Waals surface area contributed by atoms with Gasteiger partial charge in [0.25, 0.3) is 0 Å². The van der Waals surface area contributed by atoms with Crippen LogP contribution in [0.4, 0.5) is 17.8 Å². The molecule has 2 heterocycles. The van der Waals surface area contributed by atoms with E-state index in [2.05, 4.69) is 45.9 Å². The van der Waals surface area contributed by atoms with E-state index in [1.807, 2.05) is 18.2 Å². The third-order valence-electron chi connectivity index (χ3n) is 6.56. The van der Waals surface area contributed by atoms with Crippen molar-refractivity contribution in [1.82, 2.24) is 15.0 Å². The van der Waals surface area contributed by atoms with Gasteiger partial charge in [-0.2, -0.15) is 15.0 Å². The highest BCUT2D eigenvalue weighted by atomic mass is 16.5. The number of rotatable bonds is 7. The smallest absolute Gasteiger partial charge is 0.232 e. The van der Waals surface area contributed by atoms with E-state index in [0.717, 1.165) is 36.8 Å². The minimum absolute atomic E-state index is 0.433. The van der Waals surface area contributed by atoms with E-state index in [-0.39, 0.29) is 0 Å². The first-order valence-electron chi connectivity index (χ1n) is 12.0. The molecule has 2 aliphatic rings. The highest BCUT2D eigenvalue weighted by Gasteiger charge is 2.21. The monoisotopic (exact) mass is 444 g/mol. The number of fused-ring (bicyclic) bond motifs is 1. The molecule has 0 unspecified atom stereocenters. The molecule has 2 N–H and O–H groups in total. The number of aromatic nitrogens is 3. The van der Waals surface area contributed by atoms with E-state index in [1.165, 1.54) is 43.2 Å². The van der Waals surface area contributed by atoms with Crippen molar-refractivity contribution in [3.63, 3.8) is 0 Å². The van der Waals surface area contributed by atoms with Crippen LogP contribution in [0.5, 0.6) is 5.75 Å². The van der Waals surface area contributed by atoms with Crippen LogP contribution in [0, 0.1) is 0 Å². The maximum atomic E-state index is 5.35. The van der Waals surface area contributed by atoms with Crippen LogP contribution in [0.3, 0.4) is 0 Å². The normalized spacial score (nSPS) is 16.2. The first-order chi connectivity index (χ1) is 16.3. The second-order valence-electron chi connectivity index (χ2n) is 8.91. The molecule has 33 heavy (non-hydrogen) atoms. The SMILES string of the molecule is COc1cccc(CNc2nc(NC3CCCCC3)nc(N3CCc4ccccc4C3)n2)c1. The fraction of sp³-hybridized carbons (Fsp3) is 0.423. The molecule has 0 bridgehead atoms. The van der Waals surface area contributed by atoms with Crippen molar-refractivity contribution in [2.24, 2.45) is 0 Å². The van der Waals surface area contributed by atoms with Gasteiger partial charge in [0.05, 0.1) is 7.11 Å². The van der Waals surface area contributed by atoms with E-state index in [0.29, 0.717) is 24.5 Å². The third kappa shape index (κ3) is 5.35. The van der Waals surface area contributed by atoms with Crippen LogP contribution in [0.1, 0.15) is 48.8 Å². The molecular formula is C26H32N6O. The van der Waals surface area contributed by atoms with Crippen molar-refractivity contribution in [3.8, 4) is 5.75 Å². The third-order valence-corrected chi connectivity index (χ3v) is 6.56. The Kier molecular flexibility index (Phi) is 6.56. The highest BCUT2D eigenvalue weighted by Crippen LogP contribution is 2.25. The minimum atomic E-state index is 0.433. The van der Waals surface area contributed by atoms with E-state index in [1.54, 1.807) is 7.11 Å². The first-order valence-corrected chi connectivity index (χ1v) is 12.0. The highest BCUT2D eigenvalue weighted by molar-refractivity contribution is 5.47. The van der Waals surface area contributed by atoms with Crippen LogP contribution < -0.4 is 20.3 Å². The largest absolute Gasteiger partial charge is 0.497 e. The molecule has 7 nitrogen and oxygen atoms in total. The molecule has 1 saturated carbocycles. The molecule has 0 saturated heterocycles. The van der Waals surface area contributed by atoms with Crippen molar-refractivity contribution in [3.05, 3.63) is 65.2 Å². The molecule has 0 radical (unpaired) electrons. The van der Waals surface area contributed by atoms with Gasteiger partial charge in [0, 0.05) is 25.7 Å². The van der Waals surface area contributed by atoms with Gasteiger partial charge in [-0.3, -0.25) is 0 Å². The Hall–Kier alpha value is -3.35. The number of nitrogens with one attached hydrogen (secondary N) is 2. The summed E-state index contributed by atoms with van der Waals surface area (Å²) in [5.74, 6) is 2.84. The summed E-state index contributed by atoms with van der Waals surface area (Å²) in [6.07, 6.45) is 7.19. The lowest BCUT2D eigenvalue weighted by Crippen LogP contribution is -2.32. The maximum Gasteiger partial charge on any atom is 0.232 e. The lowest BCUT2D eigenvalue weighted by Gasteiger charge is -2.29. The Morgan fingerprint density at radius 1 is 0.939 bits per heavy atom. The molecule has 0 spiro atoms. The van der Waals surface area contributed by atoms with Gasteiger partial charge in [-0.05, 0) is 48.1 Å². The predicted molar refractivity (Wildman–Crippen MR) is 132 cm³/mol. The van der Waals surface area contributed by atoms with E-state index in [9.17, 15) is 0 Å². The maximum absolute atomic E-state index is 5.35. The van der Waals surface area contributed by atoms with Gasteiger partial charge in [-0.1, -0.05) is 55.7 Å². The van der Waals surface area contributed by atoms with Crippen LogP contribution in [-0.4, -0.2) is 34.6 Å². The van der Waals surface area contributed by atoms with Crippen molar-refractivity contribution in [2.75, 3.05) is 29.2 Å². The molecule has 0 amide bonds. The van der Waals surface area contributed by atoms with Crippen molar-refractivity contribution in [1.29, 1.82) is 0 Å². The van der Waals surface area contributed by atoms with Crippen LogP contribution >= 0.6 is 0 Å². The summed E-state index contributed by atoms with van der Waals surface area (Å²) < 4.78 is 5.35. The van der Waals surface area contributed by atoms with Crippen molar-refractivity contribution in [2.45, 2.75) is 57.7 Å². The Morgan fingerprint density at radius 2 is 1.76 bits per heavy atom. The summed E-state index contributed by atoms with van der Waals surface area (Å²) in [5.41, 5.74) is 3.88. The molecule has 1 aliphatic carbocycles. The summed E-state index contributed by atoms with van der Waals surface area (Å²) in [5, 5.41) is 6.99. The van der Waals surface area contributed by atoms with E-state index in [4.69, 9.17) is 19.7 Å². The summed E-state index contributed by atoms with van der Waals surface area (Å²) in [7, 11) is 1.69. The van der Waals surface area contributed by atoms with Gasteiger partial charge in [-0.15, -0.1) is 0 Å². The first kappa shape index (κ1) is 21.5. The molecule has 1 aromatic heterocycles. The van der Waals surface area contributed by atoms with Crippen LogP contribution in [0.2, 0.25) is 0 Å². The summed E-state index contributed by atoms with van der Waals surface area (Å²) >= 11 is 0. The standard InChI is InChI=1S/C26H32N6O/c1-33-23-13-7-8-19(16-23)17-27-24-29-25(28-22-11-3-2-4-12-22)31-26(30-24)32-15-14-20-9-5-6-10-21(20)18-32/h5-10,13,16,22H,2-4,11-12,14-15,17-18H2,1H3,(H2,27,28,29,30,31). The fourth-order valence-electron chi connectivity index (χ4n) is 4.71. The van der Waals surface area contributed by atoms with Gasteiger partial charge >= 0.3 is 0 Å². The molecule has 1 fully saturated rings. The number of methoxy groups -OCH3 is 1. The Bertz CT molecular complexity index is 1080. The fourth-order valence-corrected chi connectivity index (χ4v) is 4.71. The Morgan fingerprint density at radius 3 is 2.61 bits per heavy atom. The Balaban J connectivity index is 1.38.